The average Bonchev–Trinajstić information content (AvgIpc) is 2.49. The van der Waals surface area contributed by atoms with Crippen molar-refractivity contribution >= 4 is 11.6 Å². The quantitative estimate of drug-likeness (QED) is 0.688. The normalized spacial score (nSPS) is 11.0. The number of benzene rings is 1. The summed E-state index contributed by atoms with van der Waals surface area (Å²) in [5.74, 6) is 0.00393. The molecule has 1 amide bonds. The van der Waals surface area contributed by atoms with Crippen molar-refractivity contribution in [1.82, 2.24) is 10.2 Å². The number of nitrogens with zero attached hydrogens (tertiary/aromatic N) is 1. The minimum Gasteiger partial charge on any atom is -0.385 e. The molecule has 0 heterocycles. The number of anilines is 1. The van der Waals surface area contributed by atoms with Gasteiger partial charge in [0.2, 0.25) is 0 Å². The Kier molecular flexibility index (Phi) is 7.83. The first-order valence-corrected chi connectivity index (χ1v) is 7.87. The smallest absolute Gasteiger partial charge is 0.251 e. The van der Waals surface area contributed by atoms with Crippen molar-refractivity contribution in [2.45, 2.75) is 39.7 Å². The third-order valence-corrected chi connectivity index (χ3v) is 3.58. The Labute approximate surface area is 128 Å². The highest BCUT2D eigenvalue weighted by atomic mass is 16.1. The molecule has 0 unspecified atom stereocenters. The predicted molar refractivity (Wildman–Crippen MR) is 89.9 cm³/mol. The van der Waals surface area contributed by atoms with Gasteiger partial charge in [-0.2, -0.15) is 0 Å². The maximum absolute atomic E-state index is 12.0. The van der Waals surface area contributed by atoms with Crippen LogP contribution in [0.15, 0.2) is 24.3 Å². The van der Waals surface area contributed by atoms with E-state index in [1.165, 1.54) is 0 Å². The number of hydrogen-bond acceptors (Lipinski definition) is 3. The van der Waals surface area contributed by atoms with E-state index in [4.69, 9.17) is 0 Å². The van der Waals surface area contributed by atoms with Gasteiger partial charge in [-0.15, -0.1) is 0 Å². The third kappa shape index (κ3) is 6.63. The number of rotatable bonds is 9. The molecule has 1 rings (SSSR count). The Hall–Kier alpha value is -1.55. The van der Waals surface area contributed by atoms with Crippen LogP contribution in [0.5, 0.6) is 0 Å². The Morgan fingerprint density at radius 3 is 2.43 bits per heavy atom. The molecule has 0 radical (unpaired) electrons. The fraction of sp³-hybridized carbons (Fsp3) is 0.588. The number of hydrogen-bond donors (Lipinski definition) is 2. The summed E-state index contributed by atoms with van der Waals surface area (Å²) in [4.78, 5) is 14.3. The summed E-state index contributed by atoms with van der Waals surface area (Å²) in [5.41, 5.74) is 1.78. The van der Waals surface area contributed by atoms with Crippen LogP contribution in [0.1, 0.15) is 44.0 Å². The second-order valence-electron chi connectivity index (χ2n) is 5.69. The van der Waals surface area contributed by atoms with E-state index >= 15 is 0 Å². The summed E-state index contributed by atoms with van der Waals surface area (Å²) in [6.07, 6.45) is 2.06. The van der Waals surface area contributed by atoms with Crippen LogP contribution in [-0.2, 0) is 0 Å². The summed E-state index contributed by atoms with van der Waals surface area (Å²) in [6.45, 7) is 9.14. The largest absolute Gasteiger partial charge is 0.385 e. The van der Waals surface area contributed by atoms with Gasteiger partial charge in [-0.3, -0.25) is 4.79 Å². The monoisotopic (exact) mass is 291 g/mol. The molecule has 0 saturated heterocycles. The van der Waals surface area contributed by atoms with Crippen molar-refractivity contribution in [3.63, 3.8) is 0 Å². The predicted octanol–water partition coefficient (Wildman–Crippen LogP) is 2.97. The first-order chi connectivity index (χ1) is 10.0. The number of carbonyl (C=O) groups is 1. The van der Waals surface area contributed by atoms with E-state index < -0.39 is 0 Å². The average molecular weight is 291 g/mol. The summed E-state index contributed by atoms with van der Waals surface area (Å²) < 4.78 is 0. The van der Waals surface area contributed by atoms with Crippen molar-refractivity contribution in [2.75, 3.05) is 32.0 Å². The van der Waals surface area contributed by atoms with Gasteiger partial charge >= 0.3 is 0 Å². The Bertz CT molecular complexity index is 415. The molecule has 0 aliphatic rings. The van der Waals surface area contributed by atoms with E-state index in [0.717, 1.165) is 31.6 Å². The fourth-order valence-electron chi connectivity index (χ4n) is 1.90. The maximum Gasteiger partial charge on any atom is 0.251 e. The van der Waals surface area contributed by atoms with Crippen molar-refractivity contribution in [3.8, 4) is 0 Å². The lowest BCUT2D eigenvalue weighted by Crippen LogP contribution is -2.31. The molecular weight excluding hydrogens is 262 g/mol. The molecule has 4 nitrogen and oxygen atoms in total. The van der Waals surface area contributed by atoms with Gasteiger partial charge in [0, 0.05) is 30.4 Å². The molecule has 0 aliphatic carbocycles. The zero-order valence-electron chi connectivity index (χ0n) is 13.8. The van der Waals surface area contributed by atoms with Crippen molar-refractivity contribution in [3.05, 3.63) is 29.8 Å². The van der Waals surface area contributed by atoms with E-state index in [2.05, 4.69) is 43.4 Å². The fourth-order valence-corrected chi connectivity index (χ4v) is 1.90. The molecule has 0 aliphatic heterocycles. The second kappa shape index (κ2) is 9.40. The molecule has 118 valence electrons. The standard InChI is InChI=1S/C17H29N3O/c1-5-11-18-16-9-7-15(8-10-16)17(21)19-12-6-13-20(4)14(2)3/h7-10,14,18H,5-6,11-13H2,1-4H3,(H,19,21). The Morgan fingerprint density at radius 1 is 1.19 bits per heavy atom. The molecule has 0 bridgehead atoms. The van der Waals surface area contributed by atoms with Crippen LogP contribution in [0.4, 0.5) is 5.69 Å². The number of nitrogens with one attached hydrogen (secondary N) is 2. The van der Waals surface area contributed by atoms with E-state index in [1.54, 1.807) is 0 Å². The molecule has 21 heavy (non-hydrogen) atoms. The Morgan fingerprint density at radius 2 is 1.86 bits per heavy atom. The van der Waals surface area contributed by atoms with Crippen molar-refractivity contribution in [2.24, 2.45) is 0 Å². The van der Waals surface area contributed by atoms with Gasteiger partial charge in [-0.1, -0.05) is 6.92 Å². The second-order valence-corrected chi connectivity index (χ2v) is 5.69. The molecule has 0 aromatic heterocycles. The number of amides is 1. The Balaban J connectivity index is 2.31. The zero-order chi connectivity index (χ0) is 15.7. The van der Waals surface area contributed by atoms with Crippen LogP contribution in [0.2, 0.25) is 0 Å². The summed E-state index contributed by atoms with van der Waals surface area (Å²) in [6, 6.07) is 8.19. The van der Waals surface area contributed by atoms with Gasteiger partial charge < -0.3 is 15.5 Å². The SMILES string of the molecule is CCCNc1ccc(C(=O)NCCCN(C)C(C)C)cc1. The van der Waals surface area contributed by atoms with Gasteiger partial charge in [0.05, 0.1) is 0 Å². The molecule has 1 aromatic carbocycles. The maximum atomic E-state index is 12.0. The summed E-state index contributed by atoms with van der Waals surface area (Å²) >= 11 is 0. The molecule has 2 N–H and O–H groups in total. The van der Waals surface area contributed by atoms with E-state index in [9.17, 15) is 4.79 Å². The lowest BCUT2D eigenvalue weighted by molar-refractivity contribution is 0.0951. The zero-order valence-corrected chi connectivity index (χ0v) is 13.8. The van der Waals surface area contributed by atoms with Gasteiger partial charge in [0.25, 0.3) is 5.91 Å². The van der Waals surface area contributed by atoms with E-state index in [1.807, 2.05) is 24.3 Å². The van der Waals surface area contributed by atoms with Crippen LogP contribution >= 0.6 is 0 Å². The molecule has 4 heteroatoms. The molecular formula is C17H29N3O. The van der Waals surface area contributed by atoms with Crippen LogP contribution in [-0.4, -0.2) is 43.5 Å². The van der Waals surface area contributed by atoms with Crippen molar-refractivity contribution in [1.29, 1.82) is 0 Å². The lowest BCUT2D eigenvalue weighted by Gasteiger charge is -2.20. The van der Waals surface area contributed by atoms with E-state index in [-0.39, 0.29) is 5.91 Å². The minimum absolute atomic E-state index is 0.00393. The van der Waals surface area contributed by atoms with Crippen LogP contribution in [0.3, 0.4) is 0 Å². The highest BCUT2D eigenvalue weighted by Crippen LogP contribution is 2.09. The molecule has 0 atom stereocenters. The molecule has 1 aromatic rings. The van der Waals surface area contributed by atoms with Crippen molar-refractivity contribution < 1.29 is 4.79 Å². The topological polar surface area (TPSA) is 44.4 Å². The van der Waals surface area contributed by atoms with Crippen LogP contribution in [0, 0.1) is 0 Å². The van der Waals surface area contributed by atoms with Crippen LogP contribution in [0.25, 0.3) is 0 Å². The summed E-state index contributed by atoms with van der Waals surface area (Å²) in [7, 11) is 2.11. The number of carbonyl (C=O) groups excluding carboxylic acids is 1. The highest BCUT2D eigenvalue weighted by Gasteiger charge is 2.06. The first-order valence-electron chi connectivity index (χ1n) is 7.87. The van der Waals surface area contributed by atoms with Gasteiger partial charge in [-0.05, 0) is 64.5 Å². The third-order valence-electron chi connectivity index (χ3n) is 3.58. The molecule has 0 saturated carbocycles. The minimum atomic E-state index is 0.00393. The van der Waals surface area contributed by atoms with Gasteiger partial charge in [-0.25, -0.2) is 0 Å². The molecule has 0 fully saturated rings. The van der Waals surface area contributed by atoms with Crippen LogP contribution < -0.4 is 10.6 Å². The van der Waals surface area contributed by atoms with Gasteiger partial charge in [0.15, 0.2) is 0 Å². The molecule has 0 spiro atoms. The van der Waals surface area contributed by atoms with Gasteiger partial charge in [0.1, 0.15) is 0 Å². The van der Waals surface area contributed by atoms with E-state index in [0.29, 0.717) is 18.2 Å². The summed E-state index contributed by atoms with van der Waals surface area (Å²) in [5, 5.41) is 6.27. The first kappa shape index (κ1) is 17.5. The lowest BCUT2D eigenvalue weighted by atomic mass is 10.2. The highest BCUT2D eigenvalue weighted by molar-refractivity contribution is 5.94.